The Morgan fingerprint density at radius 3 is 2.70 bits per heavy atom. The Hall–Kier alpha value is -3.08. The fourth-order valence-electron chi connectivity index (χ4n) is 1.79. The molecule has 0 atom stereocenters. The molecular weight excluding hydrogens is 292 g/mol. The highest BCUT2D eigenvalue weighted by atomic mass is 16.5. The van der Waals surface area contributed by atoms with E-state index in [4.69, 9.17) is 9.47 Å². The van der Waals surface area contributed by atoms with Crippen LogP contribution >= 0.6 is 0 Å². The van der Waals surface area contributed by atoms with E-state index in [1.807, 2.05) is 30.3 Å². The van der Waals surface area contributed by atoms with Crippen molar-refractivity contribution in [3.8, 4) is 0 Å². The van der Waals surface area contributed by atoms with E-state index in [2.05, 4.69) is 11.6 Å². The van der Waals surface area contributed by atoms with E-state index in [0.29, 0.717) is 5.76 Å². The van der Waals surface area contributed by atoms with Gasteiger partial charge in [-0.1, -0.05) is 36.9 Å². The molecule has 0 aromatic heterocycles. The van der Waals surface area contributed by atoms with Crippen LogP contribution in [0.4, 0.5) is 5.69 Å². The van der Waals surface area contributed by atoms with Gasteiger partial charge in [0, 0.05) is 7.05 Å². The summed E-state index contributed by atoms with van der Waals surface area (Å²) in [5.41, 5.74) is 0.720. The molecule has 1 aromatic rings. The van der Waals surface area contributed by atoms with E-state index < -0.39 is 0 Å². The van der Waals surface area contributed by atoms with Gasteiger partial charge < -0.3 is 9.47 Å². The lowest BCUT2D eigenvalue weighted by molar-refractivity contribution is -0.122. The lowest BCUT2D eigenvalue weighted by atomic mass is 10.3. The summed E-state index contributed by atoms with van der Waals surface area (Å²) in [5.74, 6) is 0.593. The predicted octanol–water partition coefficient (Wildman–Crippen LogP) is 3.32. The number of benzene rings is 1. The third kappa shape index (κ3) is 4.20. The molecule has 5 nitrogen and oxygen atoms in total. The van der Waals surface area contributed by atoms with Crippen molar-refractivity contribution in [3.63, 3.8) is 0 Å². The van der Waals surface area contributed by atoms with Crippen LogP contribution in [0.15, 0.2) is 83.8 Å². The van der Waals surface area contributed by atoms with E-state index in [0.717, 1.165) is 5.69 Å². The quantitative estimate of drug-likeness (QED) is 0.476. The highest BCUT2D eigenvalue weighted by Crippen LogP contribution is 2.19. The van der Waals surface area contributed by atoms with Gasteiger partial charge in [-0.3, -0.25) is 9.69 Å². The van der Waals surface area contributed by atoms with Gasteiger partial charge in [0.15, 0.2) is 5.76 Å². The summed E-state index contributed by atoms with van der Waals surface area (Å²) in [7, 11) is 3.18. The van der Waals surface area contributed by atoms with Crippen molar-refractivity contribution in [1.29, 1.82) is 0 Å². The molecule has 0 unspecified atom stereocenters. The Kier molecular flexibility index (Phi) is 5.52. The van der Waals surface area contributed by atoms with Gasteiger partial charge in [0.25, 0.3) is 5.91 Å². The lowest BCUT2D eigenvalue weighted by Gasteiger charge is -2.04. The number of amides is 1. The number of nitrogens with zero attached hydrogens (tertiary/aromatic N) is 2. The van der Waals surface area contributed by atoms with Crippen molar-refractivity contribution < 1.29 is 14.3 Å². The van der Waals surface area contributed by atoms with Crippen molar-refractivity contribution in [3.05, 3.63) is 78.8 Å². The summed E-state index contributed by atoms with van der Waals surface area (Å²) in [4.78, 5) is 17.8. The third-order valence-corrected chi connectivity index (χ3v) is 3.04. The Morgan fingerprint density at radius 1 is 1.30 bits per heavy atom. The minimum absolute atomic E-state index is 0.212. The maximum atomic E-state index is 12.1. The molecule has 0 radical (unpaired) electrons. The smallest absolute Gasteiger partial charge is 0.305 e. The first kappa shape index (κ1) is 16.3. The average molecular weight is 310 g/mol. The van der Waals surface area contributed by atoms with Crippen LogP contribution in [-0.4, -0.2) is 31.0 Å². The fraction of sp³-hybridized carbons (Fsp3) is 0.111. The molecule has 118 valence electrons. The second-order valence-electron chi connectivity index (χ2n) is 4.59. The Balaban J connectivity index is 2.14. The predicted molar refractivity (Wildman–Crippen MR) is 89.9 cm³/mol. The van der Waals surface area contributed by atoms with Gasteiger partial charge in [-0.25, -0.2) is 0 Å². The van der Waals surface area contributed by atoms with Crippen LogP contribution in [0.2, 0.25) is 0 Å². The minimum atomic E-state index is -0.246. The molecule has 1 amide bonds. The van der Waals surface area contributed by atoms with Crippen LogP contribution in [0.5, 0.6) is 0 Å². The number of ether oxygens (including phenoxy) is 2. The van der Waals surface area contributed by atoms with Gasteiger partial charge in [0.1, 0.15) is 5.76 Å². The first-order valence-corrected chi connectivity index (χ1v) is 7.00. The van der Waals surface area contributed by atoms with Crippen LogP contribution in [-0.2, 0) is 14.3 Å². The number of allylic oxidation sites excluding steroid dienone is 5. The molecule has 1 aromatic carbocycles. The van der Waals surface area contributed by atoms with Gasteiger partial charge in [-0.15, -0.1) is 0 Å². The number of para-hydroxylation sites is 1. The normalized spacial score (nSPS) is 18.8. The number of aliphatic imine (C=N–C) groups is 1. The zero-order valence-electron chi connectivity index (χ0n) is 13.1. The second kappa shape index (κ2) is 7.79. The molecular formula is C18H18N2O3. The third-order valence-electron chi connectivity index (χ3n) is 3.04. The monoisotopic (exact) mass is 310 g/mol. The van der Waals surface area contributed by atoms with Gasteiger partial charge >= 0.3 is 6.02 Å². The molecule has 0 N–H and O–H groups in total. The molecule has 5 heteroatoms. The van der Waals surface area contributed by atoms with Crippen LogP contribution in [0.1, 0.15) is 0 Å². The first-order valence-electron chi connectivity index (χ1n) is 7.00. The second-order valence-corrected chi connectivity index (χ2v) is 4.59. The zero-order chi connectivity index (χ0) is 16.7. The highest BCUT2D eigenvalue weighted by molar-refractivity contribution is 6.09. The lowest BCUT2D eigenvalue weighted by Crippen LogP contribution is -2.24. The van der Waals surface area contributed by atoms with E-state index >= 15 is 0 Å². The summed E-state index contributed by atoms with van der Waals surface area (Å²) >= 11 is 0. The Labute approximate surface area is 135 Å². The number of amidine groups is 1. The van der Waals surface area contributed by atoms with Crippen molar-refractivity contribution >= 4 is 17.6 Å². The minimum Gasteiger partial charge on any atom is -0.497 e. The van der Waals surface area contributed by atoms with E-state index in [1.165, 1.54) is 4.90 Å². The number of rotatable bonds is 5. The van der Waals surface area contributed by atoms with E-state index in [9.17, 15) is 4.79 Å². The van der Waals surface area contributed by atoms with Crippen molar-refractivity contribution in [2.45, 2.75) is 0 Å². The number of carbonyl (C=O) groups excluding carboxylic acids is 1. The molecule has 0 saturated carbocycles. The molecule has 1 aliphatic heterocycles. The molecule has 0 aliphatic carbocycles. The van der Waals surface area contributed by atoms with Crippen LogP contribution in [0.25, 0.3) is 0 Å². The fourth-order valence-corrected chi connectivity index (χ4v) is 1.79. The molecule has 2 rings (SSSR count). The maximum absolute atomic E-state index is 12.1. The topological polar surface area (TPSA) is 51.1 Å². The summed E-state index contributed by atoms with van der Waals surface area (Å²) in [5, 5.41) is 0. The number of hydrogen-bond acceptors (Lipinski definition) is 4. The van der Waals surface area contributed by atoms with E-state index in [-0.39, 0.29) is 17.7 Å². The number of likely N-dealkylation sites (N-methyl/N-ethyl adjacent to an activating group) is 1. The van der Waals surface area contributed by atoms with Gasteiger partial charge in [-0.2, -0.15) is 4.99 Å². The van der Waals surface area contributed by atoms with Gasteiger partial charge in [0.05, 0.1) is 12.8 Å². The molecule has 0 spiro atoms. The zero-order valence-corrected chi connectivity index (χ0v) is 13.1. The average Bonchev–Trinajstić information content (AvgIpc) is 2.84. The summed E-state index contributed by atoms with van der Waals surface area (Å²) < 4.78 is 10.6. The maximum Gasteiger partial charge on any atom is 0.305 e. The largest absolute Gasteiger partial charge is 0.497 e. The molecule has 0 bridgehead atoms. The SMILES string of the molecule is C=C\C(=C/C=C/C=C1/OC(=Nc2ccccc2)N(C)C1=O)OC. The van der Waals surface area contributed by atoms with E-state index in [1.54, 1.807) is 44.5 Å². The highest BCUT2D eigenvalue weighted by Gasteiger charge is 2.31. The Bertz CT molecular complexity index is 700. The van der Waals surface area contributed by atoms with Crippen molar-refractivity contribution in [2.24, 2.45) is 4.99 Å². The van der Waals surface area contributed by atoms with Gasteiger partial charge in [0.2, 0.25) is 0 Å². The molecule has 1 saturated heterocycles. The number of methoxy groups -OCH3 is 1. The molecule has 1 fully saturated rings. The summed E-state index contributed by atoms with van der Waals surface area (Å²) in [6, 6.07) is 9.56. The Morgan fingerprint density at radius 2 is 2.04 bits per heavy atom. The summed E-state index contributed by atoms with van der Waals surface area (Å²) in [6.45, 7) is 3.62. The number of carbonyl (C=O) groups is 1. The van der Waals surface area contributed by atoms with Crippen molar-refractivity contribution in [1.82, 2.24) is 4.90 Å². The standard InChI is InChI=1S/C18H18N2O3/c1-4-15(22-3)12-8-9-13-16-17(21)20(2)18(23-16)19-14-10-6-5-7-11-14/h4-13H,1H2,2-3H3/b9-8+,15-12+,16-13+,19-18?. The van der Waals surface area contributed by atoms with Crippen molar-refractivity contribution in [2.75, 3.05) is 14.2 Å². The van der Waals surface area contributed by atoms with Gasteiger partial charge in [-0.05, 0) is 30.4 Å². The first-order chi connectivity index (χ1) is 11.2. The van der Waals surface area contributed by atoms with Crippen LogP contribution < -0.4 is 0 Å². The summed E-state index contributed by atoms with van der Waals surface area (Å²) in [6.07, 6.45) is 8.32. The molecule has 23 heavy (non-hydrogen) atoms. The molecule has 1 heterocycles. The molecule has 1 aliphatic rings. The van der Waals surface area contributed by atoms with Crippen LogP contribution in [0.3, 0.4) is 0 Å². The number of hydrogen-bond donors (Lipinski definition) is 0. The van der Waals surface area contributed by atoms with Crippen LogP contribution in [0, 0.1) is 0 Å².